The summed E-state index contributed by atoms with van der Waals surface area (Å²) in [6, 6.07) is 18.5. The van der Waals surface area contributed by atoms with E-state index in [1.165, 1.54) is 6.07 Å². The fourth-order valence-corrected chi connectivity index (χ4v) is 4.57. The first kappa shape index (κ1) is 23.9. The monoisotopic (exact) mass is 495 g/mol. The Kier molecular flexibility index (Phi) is 6.40. The zero-order valence-corrected chi connectivity index (χ0v) is 19.3. The van der Waals surface area contributed by atoms with Gasteiger partial charge in [0.15, 0.2) is 0 Å². The molecule has 1 unspecified atom stereocenters. The highest BCUT2D eigenvalue weighted by Crippen LogP contribution is 2.34. The van der Waals surface area contributed by atoms with Crippen molar-refractivity contribution in [2.75, 3.05) is 38.1 Å². The number of hydrogen-bond donors (Lipinski definition) is 1. The molecule has 2 aliphatic heterocycles. The lowest BCUT2D eigenvalue weighted by Crippen LogP contribution is -2.58. The third-order valence-corrected chi connectivity index (χ3v) is 6.48. The van der Waals surface area contributed by atoms with Gasteiger partial charge >= 0.3 is 6.18 Å². The molecule has 1 N–H and O–H groups in total. The van der Waals surface area contributed by atoms with Crippen LogP contribution in [0.4, 0.5) is 18.9 Å². The lowest BCUT2D eigenvalue weighted by molar-refractivity contribution is -0.137. The SMILES string of the molecule is O=C1Nc2ccc(-c3cccc(C(F)(F)F)c3)cc2C(=O)N2CCN(CCOc3ccccc3)CC12. The zero-order chi connectivity index (χ0) is 25.3. The normalized spacial score (nSPS) is 18.2. The molecule has 2 aliphatic rings. The molecule has 5 rings (SSSR count). The summed E-state index contributed by atoms with van der Waals surface area (Å²) in [5.74, 6) is 0.163. The molecular weight excluding hydrogens is 471 g/mol. The van der Waals surface area contributed by atoms with E-state index in [-0.39, 0.29) is 17.4 Å². The smallest absolute Gasteiger partial charge is 0.416 e. The van der Waals surface area contributed by atoms with E-state index >= 15 is 0 Å². The van der Waals surface area contributed by atoms with Crippen molar-refractivity contribution in [3.8, 4) is 16.9 Å². The van der Waals surface area contributed by atoms with Crippen LogP contribution in [0, 0.1) is 0 Å². The Balaban J connectivity index is 1.32. The van der Waals surface area contributed by atoms with Crippen LogP contribution in [0.2, 0.25) is 0 Å². The topological polar surface area (TPSA) is 61.9 Å². The number of alkyl halides is 3. The molecule has 3 aromatic rings. The van der Waals surface area contributed by atoms with Crippen LogP contribution in [-0.2, 0) is 11.0 Å². The molecule has 0 spiro atoms. The van der Waals surface area contributed by atoms with Crippen molar-refractivity contribution in [3.63, 3.8) is 0 Å². The van der Waals surface area contributed by atoms with Crippen LogP contribution >= 0.6 is 0 Å². The van der Waals surface area contributed by atoms with Crippen molar-refractivity contribution in [2.45, 2.75) is 12.2 Å². The number of ether oxygens (including phenoxy) is 1. The first-order chi connectivity index (χ1) is 17.3. The van der Waals surface area contributed by atoms with Gasteiger partial charge in [-0.25, -0.2) is 0 Å². The Morgan fingerprint density at radius 3 is 2.47 bits per heavy atom. The highest BCUT2D eigenvalue weighted by molar-refractivity contribution is 6.10. The van der Waals surface area contributed by atoms with E-state index in [1.807, 2.05) is 30.3 Å². The minimum Gasteiger partial charge on any atom is -0.492 e. The number of carbonyl (C=O) groups is 2. The Hall–Kier alpha value is -3.85. The maximum absolute atomic E-state index is 13.4. The summed E-state index contributed by atoms with van der Waals surface area (Å²) in [5.41, 5.74) is 0.672. The molecule has 0 bridgehead atoms. The number of halogens is 3. The van der Waals surface area contributed by atoms with E-state index in [0.29, 0.717) is 49.6 Å². The van der Waals surface area contributed by atoms with E-state index in [9.17, 15) is 22.8 Å². The summed E-state index contributed by atoms with van der Waals surface area (Å²) in [4.78, 5) is 30.1. The maximum atomic E-state index is 13.4. The molecular formula is C27H24F3N3O3. The minimum atomic E-state index is -4.47. The number of hydrogen-bond acceptors (Lipinski definition) is 4. The van der Waals surface area contributed by atoms with Crippen LogP contribution in [0.1, 0.15) is 15.9 Å². The number of para-hydroxylation sites is 1. The van der Waals surface area contributed by atoms with E-state index in [0.717, 1.165) is 17.9 Å². The molecule has 1 atom stereocenters. The second kappa shape index (κ2) is 9.66. The van der Waals surface area contributed by atoms with Crippen molar-refractivity contribution < 1.29 is 27.5 Å². The molecule has 6 nitrogen and oxygen atoms in total. The van der Waals surface area contributed by atoms with Crippen LogP contribution in [-0.4, -0.2) is 60.4 Å². The number of amides is 2. The highest BCUT2D eigenvalue weighted by atomic mass is 19.4. The Bertz CT molecular complexity index is 1280. The van der Waals surface area contributed by atoms with Crippen LogP contribution in [0.3, 0.4) is 0 Å². The quantitative estimate of drug-likeness (QED) is 0.565. The Morgan fingerprint density at radius 2 is 1.69 bits per heavy atom. The number of nitrogens with one attached hydrogen (secondary N) is 1. The number of anilines is 1. The third-order valence-electron chi connectivity index (χ3n) is 6.48. The molecule has 186 valence electrons. The largest absolute Gasteiger partial charge is 0.492 e. The molecule has 0 saturated carbocycles. The lowest BCUT2D eigenvalue weighted by atomic mass is 9.99. The number of rotatable bonds is 5. The molecule has 0 aliphatic carbocycles. The molecule has 3 aromatic carbocycles. The summed E-state index contributed by atoms with van der Waals surface area (Å²) in [7, 11) is 0. The van der Waals surface area contributed by atoms with Gasteiger partial charge in [-0.05, 0) is 47.5 Å². The first-order valence-corrected chi connectivity index (χ1v) is 11.6. The van der Waals surface area contributed by atoms with Crippen molar-refractivity contribution >= 4 is 17.5 Å². The van der Waals surface area contributed by atoms with Gasteiger partial charge in [0.1, 0.15) is 18.4 Å². The molecule has 1 fully saturated rings. The van der Waals surface area contributed by atoms with Gasteiger partial charge in [0.2, 0.25) is 5.91 Å². The van der Waals surface area contributed by atoms with Crippen molar-refractivity contribution in [3.05, 3.63) is 83.9 Å². The van der Waals surface area contributed by atoms with Gasteiger partial charge in [0.25, 0.3) is 5.91 Å². The van der Waals surface area contributed by atoms with Crippen LogP contribution in [0.15, 0.2) is 72.8 Å². The third kappa shape index (κ3) is 4.92. The Labute approximate surface area is 206 Å². The molecule has 0 radical (unpaired) electrons. The summed E-state index contributed by atoms with van der Waals surface area (Å²) >= 11 is 0. The van der Waals surface area contributed by atoms with E-state index in [2.05, 4.69) is 10.2 Å². The lowest BCUT2D eigenvalue weighted by Gasteiger charge is -2.39. The molecule has 36 heavy (non-hydrogen) atoms. The van der Waals surface area contributed by atoms with Crippen LogP contribution < -0.4 is 10.1 Å². The summed E-state index contributed by atoms with van der Waals surface area (Å²) in [5, 5.41) is 2.83. The van der Waals surface area contributed by atoms with Gasteiger partial charge in [-0.2, -0.15) is 13.2 Å². The second-order valence-electron chi connectivity index (χ2n) is 8.80. The van der Waals surface area contributed by atoms with Crippen LogP contribution in [0.5, 0.6) is 5.75 Å². The maximum Gasteiger partial charge on any atom is 0.416 e. The van der Waals surface area contributed by atoms with Crippen molar-refractivity contribution in [1.82, 2.24) is 9.80 Å². The van der Waals surface area contributed by atoms with Gasteiger partial charge in [-0.1, -0.05) is 36.4 Å². The van der Waals surface area contributed by atoms with Crippen LogP contribution in [0.25, 0.3) is 11.1 Å². The minimum absolute atomic E-state index is 0.265. The van der Waals surface area contributed by atoms with Gasteiger partial charge in [-0.15, -0.1) is 0 Å². The molecule has 2 heterocycles. The van der Waals surface area contributed by atoms with Gasteiger partial charge < -0.3 is 15.0 Å². The number of nitrogens with zero attached hydrogens (tertiary/aromatic N) is 2. The molecule has 1 saturated heterocycles. The average molecular weight is 496 g/mol. The zero-order valence-electron chi connectivity index (χ0n) is 19.3. The summed E-state index contributed by atoms with van der Waals surface area (Å²) in [6.07, 6.45) is -4.47. The fraction of sp³-hybridized carbons (Fsp3) is 0.259. The van der Waals surface area contributed by atoms with E-state index in [1.54, 1.807) is 29.2 Å². The number of benzene rings is 3. The van der Waals surface area contributed by atoms with Crippen molar-refractivity contribution in [2.24, 2.45) is 0 Å². The van der Waals surface area contributed by atoms with E-state index in [4.69, 9.17) is 4.74 Å². The molecule has 2 amide bonds. The summed E-state index contributed by atoms with van der Waals surface area (Å²) in [6.45, 7) is 2.36. The Morgan fingerprint density at radius 1 is 0.917 bits per heavy atom. The standard InChI is InChI=1S/C27H24F3N3O3/c28-27(29,30)20-6-4-5-18(15-20)19-9-10-23-22(16-19)26(35)33-12-11-32(17-24(33)25(34)31-23)13-14-36-21-7-2-1-3-8-21/h1-10,15-16,24H,11-14,17H2,(H,31,34). The predicted molar refractivity (Wildman–Crippen MR) is 129 cm³/mol. The second-order valence-corrected chi connectivity index (χ2v) is 8.80. The van der Waals surface area contributed by atoms with Gasteiger partial charge in [0, 0.05) is 26.2 Å². The first-order valence-electron chi connectivity index (χ1n) is 11.6. The number of piperazine rings is 1. The summed E-state index contributed by atoms with van der Waals surface area (Å²) < 4.78 is 45.3. The fourth-order valence-electron chi connectivity index (χ4n) is 4.57. The average Bonchev–Trinajstić information content (AvgIpc) is 2.98. The van der Waals surface area contributed by atoms with E-state index < -0.39 is 17.8 Å². The van der Waals surface area contributed by atoms with Gasteiger partial charge in [-0.3, -0.25) is 14.5 Å². The molecule has 0 aromatic heterocycles. The number of fused-ring (bicyclic) bond motifs is 2. The highest BCUT2D eigenvalue weighted by Gasteiger charge is 2.39. The van der Waals surface area contributed by atoms with Gasteiger partial charge in [0.05, 0.1) is 16.8 Å². The molecule has 9 heteroatoms. The number of carbonyl (C=O) groups excluding carboxylic acids is 2. The van der Waals surface area contributed by atoms with Crippen molar-refractivity contribution in [1.29, 1.82) is 0 Å². The predicted octanol–water partition coefficient (Wildman–Crippen LogP) is 4.53.